The summed E-state index contributed by atoms with van der Waals surface area (Å²) in [4.78, 5) is 12.0. The summed E-state index contributed by atoms with van der Waals surface area (Å²) in [5.41, 5.74) is 2.67. The maximum Gasteiger partial charge on any atom is 0.220 e. The van der Waals surface area contributed by atoms with Crippen molar-refractivity contribution in [2.45, 2.75) is 45.9 Å². The highest BCUT2D eigenvalue weighted by molar-refractivity contribution is 5.75. The van der Waals surface area contributed by atoms with Gasteiger partial charge in [0.25, 0.3) is 0 Å². The number of hydrogen-bond acceptors (Lipinski definition) is 5. The van der Waals surface area contributed by atoms with Gasteiger partial charge in [-0.1, -0.05) is 24.3 Å². The lowest BCUT2D eigenvalue weighted by molar-refractivity contribution is -0.121. The molecule has 0 aliphatic rings. The molecule has 0 fully saturated rings. The van der Waals surface area contributed by atoms with Crippen LogP contribution in [0, 0.1) is 11.3 Å². The van der Waals surface area contributed by atoms with Crippen molar-refractivity contribution in [1.29, 1.82) is 5.26 Å². The molecular weight excluding hydrogens is 368 g/mol. The zero-order chi connectivity index (χ0) is 21.1. The smallest absolute Gasteiger partial charge is 0.220 e. The fourth-order valence-corrected chi connectivity index (χ4v) is 2.58. The Kier molecular flexibility index (Phi) is 9.00. The second-order valence-corrected chi connectivity index (χ2v) is 6.88. The predicted molar refractivity (Wildman–Crippen MR) is 111 cm³/mol. The SMILES string of the molecule is COc1cc(C#N)ccc1OCCCC(=O)NCc1ccc(COC(C)C)cc1. The van der Waals surface area contributed by atoms with Crippen molar-refractivity contribution in [2.24, 2.45) is 0 Å². The first kappa shape index (κ1) is 22.3. The van der Waals surface area contributed by atoms with Crippen LogP contribution in [-0.2, 0) is 22.7 Å². The lowest BCUT2D eigenvalue weighted by Gasteiger charge is -2.11. The maximum atomic E-state index is 12.0. The summed E-state index contributed by atoms with van der Waals surface area (Å²) in [5, 5.41) is 11.8. The number of nitrogens with zero attached hydrogens (tertiary/aromatic N) is 1. The maximum absolute atomic E-state index is 12.0. The second-order valence-electron chi connectivity index (χ2n) is 6.88. The van der Waals surface area contributed by atoms with Crippen LogP contribution in [0.25, 0.3) is 0 Å². The normalized spacial score (nSPS) is 10.4. The third-order valence-electron chi connectivity index (χ3n) is 4.19. The van der Waals surface area contributed by atoms with Gasteiger partial charge < -0.3 is 19.5 Å². The van der Waals surface area contributed by atoms with Gasteiger partial charge in [-0.05, 0) is 43.5 Å². The van der Waals surface area contributed by atoms with Gasteiger partial charge >= 0.3 is 0 Å². The average Bonchev–Trinajstić information content (AvgIpc) is 2.74. The molecule has 29 heavy (non-hydrogen) atoms. The number of carbonyl (C=O) groups excluding carboxylic acids is 1. The molecule has 0 spiro atoms. The third kappa shape index (κ3) is 7.84. The highest BCUT2D eigenvalue weighted by Crippen LogP contribution is 2.27. The van der Waals surface area contributed by atoms with Crippen LogP contribution in [0.4, 0.5) is 0 Å². The first-order valence-corrected chi connectivity index (χ1v) is 9.69. The second kappa shape index (κ2) is 11.7. The summed E-state index contributed by atoms with van der Waals surface area (Å²) < 4.78 is 16.5. The van der Waals surface area contributed by atoms with Gasteiger partial charge in [-0.3, -0.25) is 4.79 Å². The standard InChI is InChI=1S/C23H28N2O4/c1-17(2)29-16-19-8-6-18(7-9-19)15-25-23(26)5-4-12-28-21-11-10-20(14-24)13-22(21)27-3/h6-11,13,17H,4-5,12,15-16H2,1-3H3,(H,25,26). The summed E-state index contributed by atoms with van der Waals surface area (Å²) in [6, 6.07) is 15.1. The van der Waals surface area contributed by atoms with Gasteiger partial charge in [0.2, 0.25) is 5.91 Å². The average molecular weight is 396 g/mol. The lowest BCUT2D eigenvalue weighted by Crippen LogP contribution is -2.23. The monoisotopic (exact) mass is 396 g/mol. The van der Waals surface area contributed by atoms with E-state index in [4.69, 9.17) is 19.5 Å². The van der Waals surface area contributed by atoms with E-state index in [1.54, 1.807) is 18.2 Å². The Morgan fingerprint density at radius 1 is 1.10 bits per heavy atom. The van der Waals surface area contributed by atoms with Crippen LogP contribution in [0.1, 0.15) is 43.4 Å². The summed E-state index contributed by atoms with van der Waals surface area (Å²) in [6.07, 6.45) is 1.16. The first-order valence-electron chi connectivity index (χ1n) is 9.69. The number of hydrogen-bond donors (Lipinski definition) is 1. The van der Waals surface area contributed by atoms with Gasteiger partial charge in [-0.25, -0.2) is 0 Å². The molecule has 0 aliphatic carbocycles. The number of amides is 1. The van der Waals surface area contributed by atoms with Crippen LogP contribution in [0.5, 0.6) is 11.5 Å². The third-order valence-corrected chi connectivity index (χ3v) is 4.19. The molecule has 2 rings (SSSR count). The molecule has 0 aliphatic heterocycles. The Hall–Kier alpha value is -3.04. The summed E-state index contributed by atoms with van der Waals surface area (Å²) in [7, 11) is 1.53. The van der Waals surface area contributed by atoms with Crippen molar-refractivity contribution in [3.8, 4) is 17.6 Å². The number of ether oxygens (including phenoxy) is 3. The molecule has 0 atom stereocenters. The van der Waals surface area contributed by atoms with Crippen LogP contribution in [-0.4, -0.2) is 25.7 Å². The van der Waals surface area contributed by atoms with Gasteiger partial charge in [0, 0.05) is 19.0 Å². The molecule has 0 bridgehead atoms. The molecule has 6 nitrogen and oxygen atoms in total. The van der Waals surface area contributed by atoms with E-state index in [1.165, 1.54) is 7.11 Å². The van der Waals surface area contributed by atoms with Gasteiger partial charge in [0.05, 0.1) is 38.1 Å². The van der Waals surface area contributed by atoms with Crippen LogP contribution in [0.2, 0.25) is 0 Å². The van der Waals surface area contributed by atoms with Crippen LogP contribution in [0.3, 0.4) is 0 Å². The number of nitrogens with one attached hydrogen (secondary N) is 1. The van der Waals surface area contributed by atoms with E-state index >= 15 is 0 Å². The number of benzene rings is 2. The van der Waals surface area contributed by atoms with Crippen molar-refractivity contribution in [2.75, 3.05) is 13.7 Å². The molecule has 0 saturated carbocycles. The molecule has 154 valence electrons. The number of methoxy groups -OCH3 is 1. The van der Waals surface area contributed by atoms with Crippen LogP contribution < -0.4 is 14.8 Å². The van der Waals surface area contributed by atoms with Crippen LogP contribution in [0.15, 0.2) is 42.5 Å². The van der Waals surface area contributed by atoms with Gasteiger partial charge in [-0.15, -0.1) is 0 Å². The van der Waals surface area contributed by atoms with E-state index in [0.29, 0.717) is 49.7 Å². The molecule has 0 unspecified atom stereocenters. The molecule has 0 saturated heterocycles. The summed E-state index contributed by atoms with van der Waals surface area (Å²) >= 11 is 0. The molecule has 0 heterocycles. The molecular formula is C23H28N2O4. The van der Waals surface area contributed by atoms with Gasteiger partial charge in [0.15, 0.2) is 11.5 Å². The van der Waals surface area contributed by atoms with Gasteiger partial charge in [-0.2, -0.15) is 5.26 Å². The Morgan fingerprint density at radius 3 is 2.48 bits per heavy atom. The number of carbonyl (C=O) groups is 1. The van der Waals surface area contributed by atoms with Crippen LogP contribution >= 0.6 is 0 Å². The van der Waals surface area contributed by atoms with E-state index in [0.717, 1.165) is 11.1 Å². The Labute approximate surface area is 172 Å². The number of rotatable bonds is 11. The minimum atomic E-state index is -0.0207. The fourth-order valence-electron chi connectivity index (χ4n) is 2.58. The van der Waals surface area contributed by atoms with E-state index in [-0.39, 0.29) is 12.0 Å². The molecule has 2 aromatic carbocycles. The van der Waals surface area contributed by atoms with E-state index in [9.17, 15) is 4.79 Å². The number of nitriles is 1. The molecule has 1 N–H and O–H groups in total. The lowest BCUT2D eigenvalue weighted by atomic mass is 10.1. The van der Waals surface area contributed by atoms with E-state index in [1.807, 2.05) is 38.1 Å². The predicted octanol–water partition coefficient (Wildman–Crippen LogP) is 3.97. The van der Waals surface area contributed by atoms with Crippen molar-refractivity contribution >= 4 is 5.91 Å². The Morgan fingerprint density at radius 2 is 1.83 bits per heavy atom. The molecule has 6 heteroatoms. The Bertz CT molecular complexity index is 826. The van der Waals surface area contributed by atoms with Crippen molar-refractivity contribution in [1.82, 2.24) is 5.32 Å². The summed E-state index contributed by atoms with van der Waals surface area (Å²) in [5.74, 6) is 1.05. The van der Waals surface area contributed by atoms with E-state index in [2.05, 4.69) is 11.4 Å². The molecule has 0 aromatic heterocycles. The van der Waals surface area contributed by atoms with Crippen molar-refractivity contribution in [3.63, 3.8) is 0 Å². The molecule has 1 amide bonds. The first-order chi connectivity index (χ1) is 14.0. The van der Waals surface area contributed by atoms with Gasteiger partial charge in [0.1, 0.15) is 0 Å². The zero-order valence-electron chi connectivity index (χ0n) is 17.2. The highest BCUT2D eigenvalue weighted by Gasteiger charge is 2.07. The zero-order valence-corrected chi connectivity index (χ0v) is 17.2. The van der Waals surface area contributed by atoms with Crippen molar-refractivity contribution in [3.05, 3.63) is 59.2 Å². The molecule has 2 aromatic rings. The highest BCUT2D eigenvalue weighted by atomic mass is 16.5. The summed E-state index contributed by atoms with van der Waals surface area (Å²) in [6.45, 7) is 5.49. The quantitative estimate of drug-likeness (QED) is 0.581. The van der Waals surface area contributed by atoms with E-state index < -0.39 is 0 Å². The minimum absolute atomic E-state index is 0.0207. The topological polar surface area (TPSA) is 80.6 Å². The Balaban J connectivity index is 1.68. The molecule has 0 radical (unpaired) electrons. The van der Waals surface area contributed by atoms with Crippen molar-refractivity contribution < 1.29 is 19.0 Å². The largest absolute Gasteiger partial charge is 0.493 e. The fraction of sp³-hybridized carbons (Fsp3) is 0.391. The minimum Gasteiger partial charge on any atom is -0.493 e.